The molecule has 0 aromatic carbocycles. The van der Waals surface area contributed by atoms with Crippen LogP contribution in [0.15, 0.2) is 24.7 Å². The first-order valence-electron chi connectivity index (χ1n) is 9.56. The first-order valence-corrected chi connectivity index (χ1v) is 9.56. The Morgan fingerprint density at radius 3 is 2.84 bits per heavy atom. The van der Waals surface area contributed by atoms with Crippen molar-refractivity contribution >= 4 is 23.1 Å². The van der Waals surface area contributed by atoms with E-state index in [4.69, 9.17) is 5.73 Å². The van der Waals surface area contributed by atoms with E-state index in [0.717, 1.165) is 10.9 Å². The van der Waals surface area contributed by atoms with Gasteiger partial charge in [0.15, 0.2) is 11.3 Å². The summed E-state index contributed by atoms with van der Waals surface area (Å²) in [5.74, 6) is -0.467. The highest BCUT2D eigenvalue weighted by molar-refractivity contribution is 6.08. The first kappa shape index (κ1) is 21.0. The van der Waals surface area contributed by atoms with Gasteiger partial charge in [-0.15, -0.1) is 0 Å². The largest absolute Gasteiger partial charge is 0.437 e. The molecular formula is C18H20F4N8O. The van der Waals surface area contributed by atoms with Crippen LogP contribution in [0, 0.1) is 0 Å². The predicted octanol–water partition coefficient (Wildman–Crippen LogP) is 2.36. The number of anilines is 2. The minimum absolute atomic E-state index is 0.0306. The fraction of sp³-hybridized carbons (Fsp3) is 0.444. The average molecular weight is 440 g/mol. The normalized spacial score (nSPS) is 21.9. The molecule has 1 aliphatic carbocycles. The van der Waals surface area contributed by atoms with E-state index in [1.54, 1.807) is 6.07 Å². The highest BCUT2D eigenvalue weighted by atomic mass is 19.4. The maximum absolute atomic E-state index is 13.9. The van der Waals surface area contributed by atoms with Gasteiger partial charge in [0.25, 0.3) is 5.91 Å². The van der Waals surface area contributed by atoms with Crippen LogP contribution in [0.4, 0.5) is 29.1 Å². The number of hydrogen-bond donors (Lipinski definition) is 3. The molecule has 4 rings (SSSR count). The van der Waals surface area contributed by atoms with Gasteiger partial charge in [-0.2, -0.15) is 23.4 Å². The van der Waals surface area contributed by atoms with Gasteiger partial charge in [0.2, 0.25) is 0 Å². The van der Waals surface area contributed by atoms with Gasteiger partial charge >= 0.3 is 6.18 Å². The predicted molar refractivity (Wildman–Crippen MR) is 103 cm³/mol. The Morgan fingerprint density at radius 1 is 1.32 bits per heavy atom. The van der Waals surface area contributed by atoms with Crippen molar-refractivity contribution in [1.29, 1.82) is 0 Å². The van der Waals surface area contributed by atoms with Crippen LogP contribution in [0.2, 0.25) is 0 Å². The fourth-order valence-electron chi connectivity index (χ4n) is 3.62. The lowest BCUT2D eigenvalue weighted by atomic mass is 9.89. The Hall–Kier alpha value is -3.22. The van der Waals surface area contributed by atoms with Gasteiger partial charge in [-0.3, -0.25) is 9.48 Å². The highest BCUT2D eigenvalue weighted by Gasteiger charge is 2.38. The Morgan fingerprint density at radius 2 is 2.10 bits per heavy atom. The monoisotopic (exact) mass is 440 g/mol. The van der Waals surface area contributed by atoms with Gasteiger partial charge in [0.05, 0.1) is 17.9 Å². The van der Waals surface area contributed by atoms with Crippen molar-refractivity contribution in [3.8, 4) is 0 Å². The molecule has 0 radical (unpaired) electrons. The second-order valence-corrected chi connectivity index (χ2v) is 7.43. The van der Waals surface area contributed by atoms with Crippen LogP contribution in [0.1, 0.15) is 35.3 Å². The summed E-state index contributed by atoms with van der Waals surface area (Å²) in [5, 5.41) is 12.7. The van der Waals surface area contributed by atoms with Crippen molar-refractivity contribution < 1.29 is 22.4 Å². The summed E-state index contributed by atoms with van der Waals surface area (Å²) in [5.41, 5.74) is 4.34. The van der Waals surface area contributed by atoms with Gasteiger partial charge in [-0.25, -0.2) is 13.9 Å². The summed E-state index contributed by atoms with van der Waals surface area (Å²) in [6.45, 7) is 0. The summed E-state index contributed by atoms with van der Waals surface area (Å²) >= 11 is 0. The molecule has 1 amide bonds. The van der Waals surface area contributed by atoms with E-state index in [-0.39, 0.29) is 17.3 Å². The number of alkyl halides is 4. The number of fused-ring (bicyclic) bond motifs is 1. The van der Waals surface area contributed by atoms with Crippen molar-refractivity contribution in [3.05, 3.63) is 35.9 Å². The Labute approximate surface area is 173 Å². The third-order valence-corrected chi connectivity index (χ3v) is 5.17. The third kappa shape index (κ3) is 4.17. The third-order valence-electron chi connectivity index (χ3n) is 5.17. The Kier molecular flexibility index (Phi) is 5.29. The quantitative estimate of drug-likeness (QED) is 0.537. The van der Waals surface area contributed by atoms with Crippen LogP contribution < -0.4 is 16.4 Å². The molecule has 13 heteroatoms. The molecular weight excluding hydrogens is 420 g/mol. The SMILES string of the molecule is Cn1cc(NC(=O)c2cnn3ccc(N[C@@H]4CCCC(F)[C@@H]4N)nc23)c(C(F)(F)F)n1. The van der Waals surface area contributed by atoms with E-state index in [1.807, 2.05) is 0 Å². The molecule has 9 nitrogen and oxygen atoms in total. The van der Waals surface area contributed by atoms with E-state index in [1.165, 1.54) is 24.0 Å². The number of aryl methyl sites for hydroxylation is 1. The number of aromatic nitrogens is 5. The number of rotatable bonds is 4. The zero-order valence-electron chi connectivity index (χ0n) is 16.4. The van der Waals surface area contributed by atoms with E-state index in [2.05, 4.69) is 25.8 Å². The van der Waals surface area contributed by atoms with Crippen molar-refractivity contribution in [3.63, 3.8) is 0 Å². The number of nitrogens with one attached hydrogen (secondary N) is 2. The van der Waals surface area contributed by atoms with Gasteiger partial charge < -0.3 is 16.4 Å². The van der Waals surface area contributed by atoms with Crippen LogP contribution in [-0.2, 0) is 13.2 Å². The number of carbonyl (C=O) groups excluding carboxylic acids is 1. The van der Waals surface area contributed by atoms with E-state index in [9.17, 15) is 22.4 Å². The number of hydrogen-bond acceptors (Lipinski definition) is 6. The lowest BCUT2D eigenvalue weighted by Crippen LogP contribution is -2.49. The van der Waals surface area contributed by atoms with Crippen molar-refractivity contribution in [2.24, 2.45) is 12.8 Å². The number of nitrogens with two attached hydrogens (primary N) is 1. The summed E-state index contributed by atoms with van der Waals surface area (Å²) < 4.78 is 55.6. The summed E-state index contributed by atoms with van der Waals surface area (Å²) in [4.78, 5) is 17.0. The molecule has 1 aliphatic rings. The molecule has 4 N–H and O–H groups in total. The number of halogens is 4. The van der Waals surface area contributed by atoms with Crippen molar-refractivity contribution in [1.82, 2.24) is 24.4 Å². The summed E-state index contributed by atoms with van der Waals surface area (Å²) in [6.07, 6.45) is -0.286. The van der Waals surface area contributed by atoms with Gasteiger partial charge in [-0.05, 0) is 25.3 Å². The molecule has 1 unspecified atom stereocenters. The second-order valence-electron chi connectivity index (χ2n) is 7.43. The van der Waals surface area contributed by atoms with Gasteiger partial charge in [0, 0.05) is 25.5 Å². The molecule has 3 atom stereocenters. The second kappa shape index (κ2) is 7.80. The Bertz CT molecular complexity index is 1110. The molecule has 0 saturated heterocycles. The maximum atomic E-state index is 13.9. The standard InChI is InChI=1S/C18H20F4N8O/c1-29-8-12(15(28-29)18(20,21)22)26-17(31)9-7-24-30-6-5-13(27-16(9)30)25-11-4-2-3-10(19)14(11)23/h5-8,10-11,14H,2-4,23H2,1H3,(H,25,27)(H,26,31)/t10?,11-,14+/m1/s1. The topological polar surface area (TPSA) is 115 Å². The van der Waals surface area contributed by atoms with Crippen LogP contribution >= 0.6 is 0 Å². The van der Waals surface area contributed by atoms with Crippen LogP contribution in [0.3, 0.4) is 0 Å². The van der Waals surface area contributed by atoms with Gasteiger partial charge in [-0.1, -0.05) is 0 Å². The molecule has 31 heavy (non-hydrogen) atoms. The molecule has 1 fully saturated rings. The minimum Gasteiger partial charge on any atom is -0.366 e. The molecule has 166 valence electrons. The molecule has 3 aromatic heterocycles. The zero-order valence-corrected chi connectivity index (χ0v) is 16.4. The summed E-state index contributed by atoms with van der Waals surface area (Å²) in [7, 11) is 1.32. The lowest BCUT2D eigenvalue weighted by Gasteiger charge is -2.32. The molecule has 1 saturated carbocycles. The van der Waals surface area contributed by atoms with Crippen LogP contribution in [-0.4, -0.2) is 48.5 Å². The molecule has 0 spiro atoms. The van der Waals surface area contributed by atoms with Gasteiger partial charge in [0.1, 0.15) is 17.6 Å². The smallest absolute Gasteiger partial charge is 0.366 e. The highest BCUT2D eigenvalue weighted by Crippen LogP contribution is 2.33. The summed E-state index contributed by atoms with van der Waals surface area (Å²) in [6, 6.07) is 0.577. The average Bonchev–Trinajstić information content (AvgIpc) is 3.28. The maximum Gasteiger partial charge on any atom is 0.437 e. The van der Waals surface area contributed by atoms with E-state index in [0.29, 0.717) is 25.1 Å². The molecule has 3 heterocycles. The van der Waals surface area contributed by atoms with Crippen LogP contribution in [0.5, 0.6) is 0 Å². The molecule has 3 aromatic rings. The minimum atomic E-state index is -4.73. The number of nitrogens with zero attached hydrogens (tertiary/aromatic N) is 5. The zero-order chi connectivity index (χ0) is 22.3. The number of amides is 1. The van der Waals surface area contributed by atoms with E-state index >= 15 is 0 Å². The van der Waals surface area contributed by atoms with Crippen molar-refractivity contribution in [2.75, 3.05) is 10.6 Å². The Balaban J connectivity index is 1.59. The molecule has 0 aliphatic heterocycles. The lowest BCUT2D eigenvalue weighted by molar-refractivity contribution is -0.140. The van der Waals surface area contributed by atoms with E-state index < -0.39 is 35.7 Å². The molecule has 0 bridgehead atoms. The number of carbonyl (C=O) groups is 1. The van der Waals surface area contributed by atoms with Crippen molar-refractivity contribution in [2.45, 2.75) is 43.7 Å². The first-order chi connectivity index (χ1) is 14.6. The van der Waals surface area contributed by atoms with Crippen LogP contribution in [0.25, 0.3) is 5.65 Å². The fourth-order valence-corrected chi connectivity index (χ4v) is 3.62.